The number of hydrogen-bond donors (Lipinski definition) is 2. The number of pyridine rings is 1. The van der Waals surface area contributed by atoms with Crippen LogP contribution in [0.25, 0.3) is 10.9 Å². The zero-order valence-corrected chi connectivity index (χ0v) is 19.6. The van der Waals surface area contributed by atoms with E-state index in [0.29, 0.717) is 18.3 Å². The lowest BCUT2D eigenvalue weighted by molar-refractivity contribution is 0.0945. The number of hydrogen-bond acceptors (Lipinski definition) is 6. The molecule has 3 heterocycles. The van der Waals surface area contributed by atoms with Crippen LogP contribution in [0.15, 0.2) is 30.3 Å². The monoisotopic (exact) mass is 465 g/mol. The van der Waals surface area contributed by atoms with Gasteiger partial charge in [0.15, 0.2) is 5.69 Å². The van der Waals surface area contributed by atoms with E-state index in [2.05, 4.69) is 25.9 Å². The van der Waals surface area contributed by atoms with Crippen molar-refractivity contribution in [1.82, 2.24) is 30.6 Å². The molecule has 4 rings (SSSR count). The number of rotatable bonds is 5. The summed E-state index contributed by atoms with van der Waals surface area (Å²) in [5.74, 6) is 0.663. The SMILES string of the molecule is Cc1c(C(=O)NCc2cc(N(C)C)nc3ccccc23)nnn1C1CCNCC1.Cl.Cl. The Morgan fingerprint density at radius 3 is 2.65 bits per heavy atom. The van der Waals surface area contributed by atoms with E-state index in [4.69, 9.17) is 0 Å². The van der Waals surface area contributed by atoms with Gasteiger partial charge >= 0.3 is 0 Å². The number of benzene rings is 1. The lowest BCUT2D eigenvalue weighted by Gasteiger charge is -2.23. The molecule has 0 aliphatic carbocycles. The smallest absolute Gasteiger partial charge is 0.274 e. The Balaban J connectivity index is 0.00000171. The van der Waals surface area contributed by atoms with Crippen molar-refractivity contribution in [2.75, 3.05) is 32.1 Å². The van der Waals surface area contributed by atoms with E-state index >= 15 is 0 Å². The van der Waals surface area contributed by atoms with Crippen LogP contribution < -0.4 is 15.5 Å². The molecule has 0 spiro atoms. The van der Waals surface area contributed by atoms with Crippen LogP contribution >= 0.6 is 24.8 Å². The molecular formula is C21H29Cl2N7O. The van der Waals surface area contributed by atoms with Gasteiger partial charge in [-0.3, -0.25) is 4.79 Å². The van der Waals surface area contributed by atoms with Crippen LogP contribution in [0.2, 0.25) is 0 Å². The standard InChI is InChI=1S/C21H27N7O.2ClH/c1-14-20(25-26-28(14)16-8-10-22-11-9-16)21(29)23-13-15-12-19(27(2)3)24-18-7-5-4-6-17(15)18;;/h4-7,12,16,22H,8-11,13H2,1-3H3,(H,23,29);2*1H. The van der Waals surface area contributed by atoms with Gasteiger partial charge in [0.2, 0.25) is 0 Å². The Bertz CT molecular complexity index is 1030. The molecule has 0 radical (unpaired) electrons. The number of carbonyl (C=O) groups is 1. The normalized spacial score (nSPS) is 13.9. The lowest BCUT2D eigenvalue weighted by Crippen LogP contribution is -2.30. The summed E-state index contributed by atoms with van der Waals surface area (Å²) < 4.78 is 1.90. The molecule has 2 N–H and O–H groups in total. The van der Waals surface area contributed by atoms with Crippen molar-refractivity contribution >= 4 is 47.4 Å². The first-order chi connectivity index (χ1) is 14.0. The molecular weight excluding hydrogens is 437 g/mol. The van der Waals surface area contributed by atoms with Gasteiger partial charge in [-0.25, -0.2) is 9.67 Å². The second-order valence-corrected chi connectivity index (χ2v) is 7.68. The first kappa shape index (κ1) is 24.8. The van der Waals surface area contributed by atoms with E-state index < -0.39 is 0 Å². The number of anilines is 1. The van der Waals surface area contributed by atoms with E-state index in [1.54, 1.807) is 0 Å². The summed E-state index contributed by atoms with van der Waals surface area (Å²) in [6.07, 6.45) is 2.00. The van der Waals surface area contributed by atoms with Crippen molar-refractivity contribution in [2.24, 2.45) is 0 Å². The predicted molar refractivity (Wildman–Crippen MR) is 128 cm³/mol. The number of halogens is 2. The largest absolute Gasteiger partial charge is 0.363 e. The van der Waals surface area contributed by atoms with Crippen molar-refractivity contribution in [2.45, 2.75) is 32.4 Å². The third kappa shape index (κ3) is 5.26. The van der Waals surface area contributed by atoms with Crippen molar-refractivity contribution in [3.05, 3.63) is 47.3 Å². The van der Waals surface area contributed by atoms with E-state index in [-0.39, 0.29) is 30.7 Å². The van der Waals surface area contributed by atoms with Gasteiger partial charge < -0.3 is 15.5 Å². The van der Waals surface area contributed by atoms with Crippen LogP contribution in [0, 0.1) is 6.92 Å². The fourth-order valence-corrected chi connectivity index (χ4v) is 3.82. The topological polar surface area (TPSA) is 88.0 Å². The van der Waals surface area contributed by atoms with Gasteiger partial charge in [0.05, 0.1) is 17.3 Å². The summed E-state index contributed by atoms with van der Waals surface area (Å²) in [4.78, 5) is 19.5. The molecule has 31 heavy (non-hydrogen) atoms. The van der Waals surface area contributed by atoms with E-state index in [9.17, 15) is 4.79 Å². The molecule has 8 nitrogen and oxygen atoms in total. The predicted octanol–water partition coefficient (Wildman–Crippen LogP) is 2.90. The number of nitrogens with one attached hydrogen (secondary N) is 2. The summed E-state index contributed by atoms with van der Waals surface area (Å²) in [5, 5.41) is 15.8. The second-order valence-electron chi connectivity index (χ2n) is 7.68. The third-order valence-corrected chi connectivity index (χ3v) is 5.48. The number of amides is 1. The molecule has 168 valence electrons. The third-order valence-electron chi connectivity index (χ3n) is 5.48. The zero-order valence-electron chi connectivity index (χ0n) is 18.0. The lowest BCUT2D eigenvalue weighted by atomic mass is 10.1. The average molecular weight is 466 g/mol. The number of nitrogens with zero attached hydrogens (tertiary/aromatic N) is 5. The van der Waals surface area contributed by atoms with Gasteiger partial charge in [-0.05, 0) is 50.6 Å². The first-order valence-corrected chi connectivity index (χ1v) is 10.0. The fraction of sp³-hybridized carbons (Fsp3) is 0.429. The molecule has 10 heteroatoms. The van der Waals surface area contributed by atoms with Crippen molar-refractivity contribution in [1.29, 1.82) is 0 Å². The highest BCUT2D eigenvalue weighted by atomic mass is 35.5. The maximum Gasteiger partial charge on any atom is 0.274 e. The Morgan fingerprint density at radius 2 is 1.94 bits per heavy atom. The zero-order chi connectivity index (χ0) is 20.4. The van der Waals surface area contributed by atoms with Crippen LogP contribution in [-0.4, -0.2) is 53.1 Å². The molecule has 1 aliphatic heterocycles. The van der Waals surface area contributed by atoms with Gasteiger partial charge in [-0.1, -0.05) is 23.4 Å². The number of fused-ring (bicyclic) bond motifs is 1. The van der Waals surface area contributed by atoms with Gasteiger partial charge in [0, 0.05) is 26.0 Å². The van der Waals surface area contributed by atoms with Crippen LogP contribution in [-0.2, 0) is 6.54 Å². The Kier molecular flexibility index (Phi) is 8.61. The molecule has 2 aromatic heterocycles. The molecule has 0 unspecified atom stereocenters. The molecule has 0 atom stereocenters. The van der Waals surface area contributed by atoms with Gasteiger partial charge in [0.1, 0.15) is 5.82 Å². The fourth-order valence-electron chi connectivity index (χ4n) is 3.82. The maximum absolute atomic E-state index is 12.8. The molecule has 1 saturated heterocycles. The van der Waals surface area contributed by atoms with E-state index in [1.165, 1.54) is 0 Å². The molecule has 1 aromatic carbocycles. The quantitative estimate of drug-likeness (QED) is 0.602. The molecule has 1 amide bonds. The molecule has 0 saturated carbocycles. The van der Waals surface area contributed by atoms with Crippen molar-refractivity contribution < 1.29 is 4.79 Å². The summed E-state index contributed by atoms with van der Waals surface area (Å²) in [6, 6.07) is 10.3. The molecule has 0 bridgehead atoms. The number of piperidine rings is 1. The average Bonchev–Trinajstić information content (AvgIpc) is 3.13. The minimum Gasteiger partial charge on any atom is -0.363 e. The summed E-state index contributed by atoms with van der Waals surface area (Å²) in [5.41, 5.74) is 3.16. The van der Waals surface area contributed by atoms with E-state index in [1.807, 2.05) is 60.9 Å². The van der Waals surface area contributed by atoms with Crippen molar-refractivity contribution in [3.8, 4) is 0 Å². The molecule has 1 fully saturated rings. The number of aromatic nitrogens is 4. The van der Waals surface area contributed by atoms with E-state index in [0.717, 1.165) is 53.9 Å². The van der Waals surface area contributed by atoms with Crippen LogP contribution in [0.5, 0.6) is 0 Å². The van der Waals surface area contributed by atoms with Gasteiger partial charge in [-0.2, -0.15) is 0 Å². The minimum absolute atomic E-state index is 0. The number of carbonyl (C=O) groups excluding carboxylic acids is 1. The summed E-state index contributed by atoms with van der Waals surface area (Å²) in [7, 11) is 3.92. The minimum atomic E-state index is -0.199. The highest BCUT2D eigenvalue weighted by Gasteiger charge is 2.23. The highest BCUT2D eigenvalue weighted by molar-refractivity contribution is 5.93. The highest BCUT2D eigenvalue weighted by Crippen LogP contribution is 2.23. The van der Waals surface area contributed by atoms with Crippen molar-refractivity contribution in [3.63, 3.8) is 0 Å². The van der Waals surface area contributed by atoms with Gasteiger partial charge in [-0.15, -0.1) is 29.9 Å². The van der Waals surface area contributed by atoms with Crippen LogP contribution in [0.4, 0.5) is 5.82 Å². The maximum atomic E-state index is 12.8. The molecule has 1 aliphatic rings. The number of para-hydroxylation sites is 1. The Hall–Kier alpha value is -2.42. The molecule has 3 aromatic rings. The first-order valence-electron chi connectivity index (χ1n) is 10.0. The van der Waals surface area contributed by atoms with Gasteiger partial charge in [0.25, 0.3) is 5.91 Å². The summed E-state index contributed by atoms with van der Waals surface area (Å²) >= 11 is 0. The second kappa shape index (κ2) is 10.7. The summed E-state index contributed by atoms with van der Waals surface area (Å²) in [6.45, 7) is 4.26. The Morgan fingerprint density at radius 1 is 1.23 bits per heavy atom. The van der Waals surface area contributed by atoms with Crippen LogP contribution in [0.1, 0.15) is 40.6 Å². The Labute approximate surface area is 194 Å². The van der Waals surface area contributed by atoms with Crippen LogP contribution in [0.3, 0.4) is 0 Å².